The van der Waals surface area contributed by atoms with Crippen molar-refractivity contribution in [2.75, 3.05) is 26.2 Å². The lowest BCUT2D eigenvalue weighted by Crippen LogP contribution is -2.71. The van der Waals surface area contributed by atoms with E-state index in [9.17, 15) is 0 Å². The predicted molar refractivity (Wildman–Crippen MR) is 83.8 cm³/mol. The van der Waals surface area contributed by atoms with Crippen molar-refractivity contribution in [1.82, 2.24) is 9.80 Å². The van der Waals surface area contributed by atoms with Crippen molar-refractivity contribution < 1.29 is 0 Å². The maximum atomic E-state index is 2.85. The summed E-state index contributed by atoms with van der Waals surface area (Å²) < 4.78 is 0. The SMILES string of the molecule is CC(C)C1CCC(N2CCN(C34CC(C3)C4)CC2)CC1. The first-order valence-electron chi connectivity index (χ1n) is 9.15. The molecule has 1 aliphatic heterocycles. The van der Waals surface area contributed by atoms with E-state index in [4.69, 9.17) is 0 Å². The van der Waals surface area contributed by atoms with Gasteiger partial charge in [-0.1, -0.05) is 13.8 Å². The van der Waals surface area contributed by atoms with Crippen molar-refractivity contribution in [3.05, 3.63) is 0 Å². The van der Waals surface area contributed by atoms with E-state index in [0.29, 0.717) is 5.54 Å². The van der Waals surface area contributed by atoms with Crippen molar-refractivity contribution in [3.63, 3.8) is 0 Å². The van der Waals surface area contributed by atoms with Gasteiger partial charge in [-0.05, 0) is 62.7 Å². The summed E-state index contributed by atoms with van der Waals surface area (Å²) in [7, 11) is 0. The van der Waals surface area contributed by atoms with E-state index in [2.05, 4.69) is 23.6 Å². The van der Waals surface area contributed by atoms with Crippen LogP contribution in [0.2, 0.25) is 0 Å². The average Bonchev–Trinajstić information content (AvgIpc) is 2.36. The number of rotatable bonds is 3. The van der Waals surface area contributed by atoms with E-state index >= 15 is 0 Å². The zero-order valence-electron chi connectivity index (χ0n) is 13.5. The highest BCUT2D eigenvalue weighted by atomic mass is 15.3. The molecule has 4 saturated carbocycles. The van der Waals surface area contributed by atoms with E-state index in [1.54, 1.807) is 0 Å². The van der Waals surface area contributed by atoms with Gasteiger partial charge in [0.2, 0.25) is 0 Å². The Hall–Kier alpha value is -0.0800. The standard InChI is InChI=1S/C18H32N2/c1-14(2)16-3-5-17(6-4-16)19-7-9-20(10-8-19)18-11-15(12-18)13-18/h14-17H,3-13H2,1-2H3. The monoisotopic (exact) mass is 276 g/mol. The molecule has 5 aliphatic rings. The molecule has 0 amide bonds. The van der Waals surface area contributed by atoms with Gasteiger partial charge in [0.05, 0.1) is 0 Å². The third-order valence-electron chi connectivity index (χ3n) is 7.19. The van der Waals surface area contributed by atoms with Crippen LogP contribution >= 0.6 is 0 Å². The molecule has 2 nitrogen and oxygen atoms in total. The highest BCUT2D eigenvalue weighted by Gasteiger charge is 2.59. The number of piperazine rings is 1. The molecule has 5 fully saturated rings. The fourth-order valence-electron chi connectivity index (χ4n) is 5.51. The van der Waals surface area contributed by atoms with Crippen LogP contribution in [-0.2, 0) is 0 Å². The van der Waals surface area contributed by atoms with E-state index in [-0.39, 0.29) is 0 Å². The van der Waals surface area contributed by atoms with Gasteiger partial charge in [0, 0.05) is 37.8 Å². The third-order valence-corrected chi connectivity index (χ3v) is 7.19. The third kappa shape index (κ3) is 2.14. The van der Waals surface area contributed by atoms with Crippen LogP contribution in [0, 0.1) is 17.8 Å². The average molecular weight is 276 g/mol. The summed E-state index contributed by atoms with van der Waals surface area (Å²) in [6.45, 7) is 10.2. The molecule has 0 atom stereocenters. The van der Waals surface area contributed by atoms with Crippen LogP contribution in [0.5, 0.6) is 0 Å². The first-order chi connectivity index (χ1) is 9.66. The molecule has 0 aromatic rings. The van der Waals surface area contributed by atoms with Crippen LogP contribution < -0.4 is 0 Å². The van der Waals surface area contributed by atoms with Crippen LogP contribution in [0.15, 0.2) is 0 Å². The minimum absolute atomic E-state index is 0.714. The second kappa shape index (κ2) is 4.98. The molecule has 0 spiro atoms. The quantitative estimate of drug-likeness (QED) is 0.780. The fraction of sp³-hybridized carbons (Fsp3) is 1.00. The summed E-state index contributed by atoms with van der Waals surface area (Å²) in [5, 5.41) is 0. The van der Waals surface area contributed by atoms with Crippen molar-refractivity contribution in [2.24, 2.45) is 17.8 Å². The molecule has 0 aromatic carbocycles. The number of hydrogen-bond donors (Lipinski definition) is 0. The molecule has 114 valence electrons. The van der Waals surface area contributed by atoms with E-state index in [1.165, 1.54) is 71.1 Å². The molecule has 1 heterocycles. The lowest BCUT2D eigenvalue weighted by molar-refractivity contribution is -0.157. The van der Waals surface area contributed by atoms with Gasteiger partial charge < -0.3 is 0 Å². The first-order valence-corrected chi connectivity index (χ1v) is 9.15. The Morgan fingerprint density at radius 3 is 1.90 bits per heavy atom. The Bertz CT molecular complexity index is 331. The topological polar surface area (TPSA) is 6.48 Å². The highest BCUT2D eigenvalue weighted by Crippen LogP contribution is 2.60. The van der Waals surface area contributed by atoms with Gasteiger partial charge in [-0.2, -0.15) is 0 Å². The van der Waals surface area contributed by atoms with Gasteiger partial charge in [0.25, 0.3) is 0 Å². The summed E-state index contributed by atoms with van der Waals surface area (Å²) in [6, 6.07) is 0.917. The van der Waals surface area contributed by atoms with Gasteiger partial charge in [-0.25, -0.2) is 0 Å². The van der Waals surface area contributed by atoms with E-state index in [1.807, 2.05) is 0 Å². The molecule has 2 bridgehead atoms. The van der Waals surface area contributed by atoms with E-state index in [0.717, 1.165) is 23.8 Å². The summed E-state index contributed by atoms with van der Waals surface area (Å²) >= 11 is 0. The fourth-order valence-corrected chi connectivity index (χ4v) is 5.51. The summed E-state index contributed by atoms with van der Waals surface area (Å²) in [5.41, 5.74) is 0.714. The maximum absolute atomic E-state index is 2.85. The van der Waals surface area contributed by atoms with Gasteiger partial charge >= 0.3 is 0 Å². The maximum Gasteiger partial charge on any atom is 0.0218 e. The number of nitrogens with zero attached hydrogens (tertiary/aromatic N) is 2. The van der Waals surface area contributed by atoms with Crippen LogP contribution in [0.4, 0.5) is 0 Å². The smallest absolute Gasteiger partial charge is 0.0218 e. The molecule has 5 rings (SSSR count). The molecular formula is C18H32N2. The lowest BCUT2D eigenvalue weighted by Gasteiger charge is -2.68. The van der Waals surface area contributed by atoms with Crippen molar-refractivity contribution in [3.8, 4) is 0 Å². The molecule has 0 aromatic heterocycles. The van der Waals surface area contributed by atoms with Gasteiger partial charge in [-0.15, -0.1) is 0 Å². The Morgan fingerprint density at radius 2 is 1.45 bits per heavy atom. The summed E-state index contributed by atoms with van der Waals surface area (Å²) in [4.78, 5) is 5.68. The van der Waals surface area contributed by atoms with Crippen molar-refractivity contribution in [2.45, 2.75) is 70.4 Å². The summed E-state index contributed by atoms with van der Waals surface area (Å²) in [6.07, 6.45) is 10.5. The van der Waals surface area contributed by atoms with Crippen LogP contribution in [0.1, 0.15) is 58.8 Å². The van der Waals surface area contributed by atoms with Crippen LogP contribution in [0.25, 0.3) is 0 Å². The highest BCUT2D eigenvalue weighted by molar-refractivity contribution is 5.15. The zero-order chi connectivity index (χ0) is 13.7. The van der Waals surface area contributed by atoms with E-state index < -0.39 is 0 Å². The molecule has 2 heteroatoms. The molecule has 0 N–H and O–H groups in total. The minimum atomic E-state index is 0.714. The molecule has 20 heavy (non-hydrogen) atoms. The molecule has 0 radical (unpaired) electrons. The molecular weight excluding hydrogens is 244 g/mol. The van der Waals surface area contributed by atoms with Crippen LogP contribution in [0.3, 0.4) is 0 Å². The minimum Gasteiger partial charge on any atom is -0.298 e. The largest absolute Gasteiger partial charge is 0.298 e. The molecule has 0 unspecified atom stereocenters. The Kier molecular flexibility index (Phi) is 3.38. The Morgan fingerprint density at radius 1 is 0.850 bits per heavy atom. The first kappa shape index (κ1) is 13.6. The van der Waals surface area contributed by atoms with Gasteiger partial charge in [0.15, 0.2) is 0 Å². The van der Waals surface area contributed by atoms with Gasteiger partial charge in [0.1, 0.15) is 0 Å². The second-order valence-corrected chi connectivity index (χ2v) is 8.54. The lowest BCUT2D eigenvalue weighted by atomic mass is 9.49. The Labute approximate surface area is 124 Å². The Balaban J connectivity index is 1.25. The normalized spacial score (nSPS) is 46.0. The van der Waals surface area contributed by atoms with Crippen molar-refractivity contribution >= 4 is 0 Å². The molecule has 4 aliphatic carbocycles. The predicted octanol–water partition coefficient (Wildman–Crippen LogP) is 3.37. The summed E-state index contributed by atoms with van der Waals surface area (Å²) in [5.74, 6) is 3.03. The zero-order valence-corrected chi connectivity index (χ0v) is 13.5. The van der Waals surface area contributed by atoms with Gasteiger partial charge in [-0.3, -0.25) is 9.80 Å². The number of hydrogen-bond acceptors (Lipinski definition) is 2. The second-order valence-electron chi connectivity index (χ2n) is 8.54. The van der Waals surface area contributed by atoms with Crippen molar-refractivity contribution in [1.29, 1.82) is 0 Å². The molecule has 1 saturated heterocycles. The van der Waals surface area contributed by atoms with Crippen LogP contribution in [-0.4, -0.2) is 47.6 Å².